The molecule has 9 heteroatoms. The van der Waals surface area contributed by atoms with Gasteiger partial charge in [-0.1, -0.05) is 16.8 Å². The summed E-state index contributed by atoms with van der Waals surface area (Å²) in [6.07, 6.45) is -2.17. The molecule has 1 rings (SSSR count). The zero-order valence-corrected chi connectivity index (χ0v) is 9.61. The fourth-order valence-corrected chi connectivity index (χ4v) is 1.23. The molecular formula is C9H9ClF3N3O2. The van der Waals surface area contributed by atoms with Crippen molar-refractivity contribution >= 4 is 17.4 Å². The molecule has 18 heavy (non-hydrogen) atoms. The van der Waals surface area contributed by atoms with E-state index in [0.29, 0.717) is 0 Å². The lowest BCUT2D eigenvalue weighted by molar-refractivity contribution is -0.162. The number of hydrogen-bond acceptors (Lipinski definition) is 4. The molecular weight excluding hydrogens is 275 g/mol. The van der Waals surface area contributed by atoms with Crippen LogP contribution in [0.25, 0.3) is 0 Å². The highest BCUT2D eigenvalue weighted by Gasteiger charge is 2.43. The average molecular weight is 284 g/mol. The number of amidine groups is 1. The Balaban J connectivity index is 2.75. The van der Waals surface area contributed by atoms with Crippen molar-refractivity contribution in [3.8, 4) is 5.75 Å². The molecule has 5 nitrogen and oxygen atoms in total. The van der Waals surface area contributed by atoms with Gasteiger partial charge in [-0.15, -0.1) is 0 Å². The Kier molecular flexibility index (Phi) is 4.60. The monoisotopic (exact) mass is 283 g/mol. The van der Waals surface area contributed by atoms with E-state index in [-0.39, 0.29) is 10.8 Å². The molecule has 0 saturated heterocycles. The van der Waals surface area contributed by atoms with Gasteiger partial charge in [0, 0.05) is 12.3 Å². The van der Waals surface area contributed by atoms with Crippen LogP contribution in [-0.4, -0.2) is 28.8 Å². The summed E-state index contributed by atoms with van der Waals surface area (Å²) in [6.45, 7) is -0.832. The van der Waals surface area contributed by atoms with Crippen LogP contribution in [0.5, 0.6) is 5.75 Å². The maximum absolute atomic E-state index is 12.5. The molecule has 0 bridgehead atoms. The van der Waals surface area contributed by atoms with Crippen molar-refractivity contribution in [2.75, 3.05) is 6.61 Å². The van der Waals surface area contributed by atoms with Gasteiger partial charge in [0.1, 0.15) is 18.3 Å². The molecule has 0 spiro atoms. The summed E-state index contributed by atoms with van der Waals surface area (Å²) in [5, 5.41) is 10.8. The van der Waals surface area contributed by atoms with E-state index in [1.165, 1.54) is 18.5 Å². The lowest BCUT2D eigenvalue weighted by atomic mass is 10.1. The van der Waals surface area contributed by atoms with Crippen molar-refractivity contribution in [2.24, 2.45) is 16.8 Å². The maximum Gasteiger partial charge on any atom is 0.402 e. The highest BCUT2D eigenvalue weighted by Crippen LogP contribution is 2.27. The van der Waals surface area contributed by atoms with Gasteiger partial charge in [-0.3, -0.25) is 4.98 Å². The summed E-state index contributed by atoms with van der Waals surface area (Å²) >= 11 is 5.59. The van der Waals surface area contributed by atoms with Crippen LogP contribution in [-0.2, 0) is 0 Å². The summed E-state index contributed by atoms with van der Waals surface area (Å²) in [5.41, 5.74) is 4.96. The van der Waals surface area contributed by atoms with E-state index in [9.17, 15) is 13.2 Å². The summed E-state index contributed by atoms with van der Waals surface area (Å²) in [5.74, 6) is -3.12. The first-order valence-electron chi connectivity index (χ1n) is 4.62. The van der Waals surface area contributed by atoms with E-state index >= 15 is 0 Å². The second-order valence-electron chi connectivity index (χ2n) is 3.27. The number of hydrogen-bond donors (Lipinski definition) is 2. The van der Waals surface area contributed by atoms with Crippen molar-refractivity contribution < 1.29 is 23.1 Å². The molecule has 3 N–H and O–H groups in total. The minimum atomic E-state index is -4.68. The largest absolute Gasteiger partial charge is 0.491 e. The molecule has 0 amide bonds. The average Bonchev–Trinajstić information content (AvgIpc) is 2.27. The molecule has 0 aromatic carbocycles. The van der Waals surface area contributed by atoms with Crippen molar-refractivity contribution in [1.82, 2.24) is 4.98 Å². The predicted octanol–water partition coefficient (Wildman–Crippen LogP) is 2.04. The van der Waals surface area contributed by atoms with Crippen LogP contribution in [0.1, 0.15) is 0 Å². The van der Waals surface area contributed by atoms with E-state index < -0.39 is 24.5 Å². The molecule has 1 atom stereocenters. The number of pyridine rings is 1. The Hall–Kier alpha value is -1.70. The van der Waals surface area contributed by atoms with Crippen molar-refractivity contribution in [3.05, 3.63) is 23.5 Å². The number of aromatic nitrogens is 1. The van der Waals surface area contributed by atoms with Gasteiger partial charge in [-0.25, -0.2) is 0 Å². The molecule has 0 aliphatic carbocycles. The number of oxime groups is 1. The van der Waals surface area contributed by atoms with Crippen LogP contribution in [0.3, 0.4) is 0 Å². The zero-order chi connectivity index (χ0) is 13.8. The van der Waals surface area contributed by atoms with Gasteiger partial charge in [0.2, 0.25) is 0 Å². The summed E-state index contributed by atoms with van der Waals surface area (Å²) in [4.78, 5) is 3.64. The van der Waals surface area contributed by atoms with Gasteiger partial charge in [0.15, 0.2) is 5.84 Å². The highest BCUT2D eigenvalue weighted by molar-refractivity contribution is 6.30. The third-order valence-corrected chi connectivity index (χ3v) is 2.17. The number of rotatable bonds is 4. The van der Waals surface area contributed by atoms with Crippen molar-refractivity contribution in [2.45, 2.75) is 6.18 Å². The van der Waals surface area contributed by atoms with Gasteiger partial charge in [0.25, 0.3) is 0 Å². The Morgan fingerprint density at radius 1 is 1.56 bits per heavy atom. The molecule has 0 fully saturated rings. The number of alkyl halides is 3. The number of nitrogens with two attached hydrogens (primary N) is 1. The van der Waals surface area contributed by atoms with Crippen LogP contribution in [0.2, 0.25) is 5.02 Å². The standard InChI is InChI=1S/C9H9ClF3N3O2/c10-5-1-6(3-15-2-5)18-4-7(8(14)16-17)9(11,12)13/h1-3,7,17H,4H2,(H2,14,16). The van der Waals surface area contributed by atoms with Gasteiger partial charge < -0.3 is 15.7 Å². The fraction of sp³-hybridized carbons (Fsp3) is 0.333. The molecule has 0 aliphatic rings. The molecule has 0 radical (unpaired) electrons. The topological polar surface area (TPSA) is 80.7 Å². The van der Waals surface area contributed by atoms with Crippen LogP contribution >= 0.6 is 11.6 Å². The highest BCUT2D eigenvalue weighted by atomic mass is 35.5. The predicted molar refractivity (Wildman–Crippen MR) is 57.7 cm³/mol. The van der Waals surface area contributed by atoms with Gasteiger partial charge in [0.05, 0.1) is 11.2 Å². The van der Waals surface area contributed by atoms with Crippen molar-refractivity contribution in [3.63, 3.8) is 0 Å². The normalized spacial score (nSPS) is 14.3. The van der Waals surface area contributed by atoms with Crippen LogP contribution in [0.4, 0.5) is 13.2 Å². The summed E-state index contributed by atoms with van der Waals surface area (Å²) < 4.78 is 42.5. The lowest BCUT2D eigenvalue weighted by Gasteiger charge is -2.19. The van der Waals surface area contributed by atoms with Gasteiger partial charge in [-0.05, 0) is 0 Å². The quantitative estimate of drug-likeness (QED) is 0.383. The van der Waals surface area contributed by atoms with Gasteiger partial charge >= 0.3 is 6.18 Å². The first kappa shape index (κ1) is 14.4. The second kappa shape index (κ2) is 5.76. The summed E-state index contributed by atoms with van der Waals surface area (Å²) in [7, 11) is 0. The van der Waals surface area contributed by atoms with E-state index in [0.717, 1.165) is 0 Å². The lowest BCUT2D eigenvalue weighted by Crippen LogP contribution is -2.40. The number of nitrogens with zero attached hydrogens (tertiary/aromatic N) is 2. The Morgan fingerprint density at radius 2 is 2.22 bits per heavy atom. The molecule has 1 unspecified atom stereocenters. The number of ether oxygens (including phenoxy) is 1. The molecule has 1 aromatic rings. The first-order chi connectivity index (χ1) is 8.34. The molecule has 1 heterocycles. The molecule has 1 aromatic heterocycles. The Bertz CT molecular complexity index is 439. The number of halogens is 4. The fourth-order valence-electron chi connectivity index (χ4n) is 1.07. The maximum atomic E-state index is 12.5. The second-order valence-corrected chi connectivity index (χ2v) is 3.71. The van der Waals surface area contributed by atoms with Crippen LogP contribution in [0, 0.1) is 5.92 Å². The van der Waals surface area contributed by atoms with E-state index in [1.54, 1.807) is 0 Å². The molecule has 100 valence electrons. The smallest absolute Gasteiger partial charge is 0.402 e. The van der Waals surface area contributed by atoms with Crippen LogP contribution < -0.4 is 10.5 Å². The molecule has 0 aliphatic heterocycles. The molecule has 0 saturated carbocycles. The minimum Gasteiger partial charge on any atom is -0.491 e. The van der Waals surface area contributed by atoms with Crippen LogP contribution in [0.15, 0.2) is 23.6 Å². The third kappa shape index (κ3) is 3.95. The zero-order valence-electron chi connectivity index (χ0n) is 8.86. The van der Waals surface area contributed by atoms with E-state index in [2.05, 4.69) is 10.1 Å². The summed E-state index contributed by atoms with van der Waals surface area (Å²) in [6, 6.07) is 1.30. The Labute approximate surface area is 105 Å². The van der Waals surface area contributed by atoms with E-state index in [1.807, 2.05) is 0 Å². The minimum absolute atomic E-state index is 0.0579. The van der Waals surface area contributed by atoms with Crippen molar-refractivity contribution in [1.29, 1.82) is 0 Å². The van der Waals surface area contributed by atoms with E-state index in [4.69, 9.17) is 27.3 Å². The first-order valence-corrected chi connectivity index (χ1v) is 5.00. The Morgan fingerprint density at radius 3 is 2.72 bits per heavy atom. The third-order valence-electron chi connectivity index (χ3n) is 1.96. The van der Waals surface area contributed by atoms with Gasteiger partial charge in [-0.2, -0.15) is 13.2 Å². The SMILES string of the molecule is N/C(=N/O)C(COc1cncc(Cl)c1)C(F)(F)F.